The number of hydrogen-bond acceptors (Lipinski definition) is 3. The van der Waals surface area contributed by atoms with E-state index < -0.39 is 10.8 Å². The van der Waals surface area contributed by atoms with Crippen LogP contribution in [0.4, 0.5) is 0 Å². The van der Waals surface area contributed by atoms with E-state index in [1.165, 1.54) is 0 Å². The van der Waals surface area contributed by atoms with E-state index in [0.717, 1.165) is 43.9 Å². The van der Waals surface area contributed by atoms with E-state index in [2.05, 4.69) is 38.3 Å². The van der Waals surface area contributed by atoms with Crippen molar-refractivity contribution in [2.24, 2.45) is 10.4 Å². The van der Waals surface area contributed by atoms with Crippen molar-refractivity contribution >= 4 is 16.8 Å². The molecule has 1 rings (SSSR count). The number of rotatable bonds is 7. The van der Waals surface area contributed by atoms with E-state index in [1.54, 1.807) is 7.11 Å². The summed E-state index contributed by atoms with van der Waals surface area (Å²) in [5, 5.41) is 7.20. The van der Waals surface area contributed by atoms with Crippen LogP contribution in [0.5, 0.6) is 0 Å². The van der Waals surface area contributed by atoms with Crippen molar-refractivity contribution in [3.8, 4) is 0 Å². The summed E-state index contributed by atoms with van der Waals surface area (Å²) in [5.74, 6) is 1.60. The fourth-order valence-electron chi connectivity index (χ4n) is 3.14. The second-order valence-electron chi connectivity index (χ2n) is 7.61. The Kier molecular flexibility index (Phi) is 9.27. The molecule has 0 amide bonds. The summed E-state index contributed by atoms with van der Waals surface area (Å²) in [5.41, 5.74) is 0.0591. The lowest BCUT2D eigenvalue weighted by Gasteiger charge is -2.31. The molecule has 0 spiro atoms. The van der Waals surface area contributed by atoms with Crippen LogP contribution in [0.15, 0.2) is 4.99 Å². The molecule has 142 valence electrons. The summed E-state index contributed by atoms with van der Waals surface area (Å²) in [6.07, 6.45) is 4.39. The zero-order chi connectivity index (χ0) is 18.2. The maximum absolute atomic E-state index is 12.1. The zero-order valence-electron chi connectivity index (χ0n) is 16.4. The average Bonchev–Trinajstić information content (AvgIpc) is 2.53. The monoisotopic (exact) mass is 359 g/mol. The van der Waals surface area contributed by atoms with Gasteiger partial charge in [0.15, 0.2) is 5.96 Å². The van der Waals surface area contributed by atoms with Crippen molar-refractivity contribution in [2.45, 2.75) is 77.7 Å². The third-order valence-electron chi connectivity index (χ3n) is 4.63. The Balaban J connectivity index is 2.67. The van der Waals surface area contributed by atoms with Gasteiger partial charge in [-0.2, -0.15) is 0 Å². The van der Waals surface area contributed by atoms with Crippen LogP contribution in [0.1, 0.15) is 60.3 Å². The maximum atomic E-state index is 12.1. The Morgan fingerprint density at radius 3 is 2.58 bits per heavy atom. The van der Waals surface area contributed by atoms with Gasteiger partial charge < -0.3 is 15.4 Å². The van der Waals surface area contributed by atoms with E-state index in [4.69, 9.17) is 9.73 Å². The summed E-state index contributed by atoms with van der Waals surface area (Å²) >= 11 is 0. The molecular weight excluding hydrogens is 322 g/mol. The van der Waals surface area contributed by atoms with Gasteiger partial charge in [0.2, 0.25) is 0 Å². The highest BCUT2D eigenvalue weighted by molar-refractivity contribution is 7.85. The first-order valence-electron chi connectivity index (χ1n) is 9.26. The lowest BCUT2D eigenvalue weighted by Crippen LogP contribution is -2.47. The van der Waals surface area contributed by atoms with Gasteiger partial charge in [0, 0.05) is 41.5 Å². The topological polar surface area (TPSA) is 62.7 Å². The van der Waals surface area contributed by atoms with Crippen molar-refractivity contribution in [1.29, 1.82) is 0 Å². The standard InChI is InChI=1S/C18H37N3O2S/c1-7-19-17(20-13-16(23-6)18(3,4)5)21-14-10-9-11-15(12-14)24(22)8-2/h14-16H,7-13H2,1-6H3,(H2,19,20,21). The minimum absolute atomic E-state index is 0.0591. The third kappa shape index (κ3) is 7.09. The smallest absolute Gasteiger partial charge is 0.191 e. The Bertz CT molecular complexity index is 421. The number of aliphatic imine (C=N–C) groups is 1. The van der Waals surface area contributed by atoms with E-state index in [-0.39, 0.29) is 11.5 Å². The van der Waals surface area contributed by atoms with E-state index in [1.807, 2.05) is 6.92 Å². The SMILES string of the molecule is CCNC(=NCC(OC)C(C)(C)C)NC1CCCC(S(=O)CC)C1. The van der Waals surface area contributed by atoms with Gasteiger partial charge in [0.25, 0.3) is 0 Å². The number of ether oxygens (including phenoxy) is 1. The summed E-state index contributed by atoms with van der Waals surface area (Å²) in [6, 6.07) is 0.354. The van der Waals surface area contributed by atoms with E-state index >= 15 is 0 Å². The number of guanidine groups is 1. The number of nitrogens with zero attached hydrogens (tertiary/aromatic N) is 1. The first-order chi connectivity index (χ1) is 11.3. The minimum Gasteiger partial charge on any atom is -0.379 e. The van der Waals surface area contributed by atoms with Gasteiger partial charge in [0.05, 0.1) is 12.6 Å². The molecule has 0 radical (unpaired) electrons. The summed E-state index contributed by atoms with van der Waals surface area (Å²) < 4.78 is 17.7. The van der Waals surface area contributed by atoms with Crippen LogP contribution >= 0.6 is 0 Å². The molecule has 2 N–H and O–H groups in total. The quantitative estimate of drug-likeness (QED) is 0.542. The molecule has 1 aliphatic carbocycles. The lowest BCUT2D eigenvalue weighted by molar-refractivity contribution is 0.0241. The van der Waals surface area contributed by atoms with Crippen molar-refractivity contribution in [3.63, 3.8) is 0 Å². The van der Waals surface area contributed by atoms with Gasteiger partial charge in [-0.15, -0.1) is 0 Å². The molecule has 5 nitrogen and oxygen atoms in total. The number of hydrogen-bond donors (Lipinski definition) is 2. The molecule has 0 heterocycles. The fraction of sp³-hybridized carbons (Fsp3) is 0.944. The molecule has 0 aliphatic heterocycles. The van der Waals surface area contributed by atoms with Crippen LogP contribution in [0.3, 0.4) is 0 Å². The molecule has 0 aromatic carbocycles. The molecule has 4 atom stereocenters. The molecule has 24 heavy (non-hydrogen) atoms. The lowest BCUT2D eigenvalue weighted by atomic mass is 9.89. The molecule has 4 unspecified atom stereocenters. The van der Waals surface area contributed by atoms with Crippen LogP contribution in [-0.2, 0) is 15.5 Å². The maximum Gasteiger partial charge on any atom is 0.191 e. The number of nitrogens with one attached hydrogen (secondary N) is 2. The Labute approximate surface area is 150 Å². The van der Waals surface area contributed by atoms with Crippen molar-refractivity contribution in [3.05, 3.63) is 0 Å². The van der Waals surface area contributed by atoms with Crippen molar-refractivity contribution in [1.82, 2.24) is 10.6 Å². The summed E-state index contributed by atoms with van der Waals surface area (Å²) in [6.45, 7) is 12.1. The molecule has 0 aromatic heterocycles. The fourth-order valence-corrected chi connectivity index (χ4v) is 4.49. The molecule has 1 aliphatic rings. The predicted molar refractivity (Wildman–Crippen MR) is 104 cm³/mol. The Hall–Kier alpha value is -0.620. The second-order valence-corrected chi connectivity index (χ2v) is 9.61. The minimum atomic E-state index is -0.697. The van der Waals surface area contributed by atoms with Gasteiger partial charge in [-0.05, 0) is 31.6 Å². The molecule has 0 saturated heterocycles. The summed E-state index contributed by atoms with van der Waals surface area (Å²) in [7, 11) is 1.05. The highest BCUT2D eigenvalue weighted by Gasteiger charge is 2.27. The van der Waals surface area contributed by atoms with Gasteiger partial charge in [-0.3, -0.25) is 9.20 Å². The van der Waals surface area contributed by atoms with Crippen molar-refractivity contribution < 1.29 is 8.95 Å². The van der Waals surface area contributed by atoms with E-state index in [9.17, 15) is 4.21 Å². The zero-order valence-corrected chi connectivity index (χ0v) is 17.2. The normalized spacial score (nSPS) is 25.2. The van der Waals surface area contributed by atoms with Crippen molar-refractivity contribution in [2.75, 3.05) is 26.0 Å². The largest absolute Gasteiger partial charge is 0.379 e. The van der Waals surface area contributed by atoms with Gasteiger partial charge in [-0.1, -0.05) is 34.1 Å². The molecule has 0 aromatic rings. The van der Waals surface area contributed by atoms with Crippen LogP contribution in [0, 0.1) is 5.41 Å². The number of methoxy groups -OCH3 is 1. The molecule has 1 fully saturated rings. The van der Waals surface area contributed by atoms with Crippen LogP contribution in [0.2, 0.25) is 0 Å². The predicted octanol–water partition coefficient (Wildman–Crippen LogP) is 2.68. The molecule has 0 bridgehead atoms. The molecule has 1 saturated carbocycles. The molecular formula is C18H37N3O2S. The van der Waals surface area contributed by atoms with Gasteiger partial charge in [-0.25, -0.2) is 0 Å². The highest BCUT2D eigenvalue weighted by atomic mass is 32.2. The third-order valence-corrected chi connectivity index (χ3v) is 6.37. The van der Waals surface area contributed by atoms with Gasteiger partial charge >= 0.3 is 0 Å². The Morgan fingerprint density at radius 2 is 2.04 bits per heavy atom. The Morgan fingerprint density at radius 1 is 1.33 bits per heavy atom. The van der Waals surface area contributed by atoms with E-state index in [0.29, 0.717) is 17.8 Å². The van der Waals surface area contributed by atoms with Crippen LogP contribution in [0.25, 0.3) is 0 Å². The summed E-state index contributed by atoms with van der Waals surface area (Å²) in [4.78, 5) is 4.73. The van der Waals surface area contributed by atoms with Crippen LogP contribution < -0.4 is 10.6 Å². The second kappa shape index (κ2) is 10.4. The first kappa shape index (κ1) is 21.4. The van der Waals surface area contributed by atoms with Crippen LogP contribution in [-0.4, -0.2) is 53.5 Å². The molecule has 6 heteroatoms. The average molecular weight is 360 g/mol. The highest BCUT2D eigenvalue weighted by Crippen LogP contribution is 2.23. The van der Waals surface area contributed by atoms with Gasteiger partial charge in [0.1, 0.15) is 0 Å². The first-order valence-corrected chi connectivity index (χ1v) is 10.6.